The van der Waals surface area contributed by atoms with Crippen molar-refractivity contribution in [1.82, 2.24) is 24.6 Å². The number of para-hydroxylation sites is 1. The maximum Gasteiger partial charge on any atom is 0.342 e. The van der Waals surface area contributed by atoms with Gasteiger partial charge in [-0.05, 0) is 32.9 Å². The monoisotopic (exact) mass is 462 g/mol. The first-order valence-corrected chi connectivity index (χ1v) is 11.9. The fourth-order valence-electron chi connectivity index (χ4n) is 2.94. The summed E-state index contributed by atoms with van der Waals surface area (Å²) in [5, 5.41) is 2.76. The number of rotatable bonds is 11. The third kappa shape index (κ3) is 6.03. The Bertz CT molecular complexity index is 1090. The number of ether oxygens (including phenoxy) is 2. The molecule has 0 unspecified atom stereocenters. The lowest BCUT2D eigenvalue weighted by atomic mass is 10.3. The van der Waals surface area contributed by atoms with Crippen LogP contribution in [0.25, 0.3) is 11.2 Å². The fraction of sp³-hybridized carbons (Fsp3) is 0.400. The Morgan fingerprint density at radius 2 is 1.97 bits per heavy atom. The smallest absolute Gasteiger partial charge is 0.342 e. The number of benzene rings is 1. The highest BCUT2D eigenvalue weighted by molar-refractivity contribution is 7.57. The Morgan fingerprint density at radius 3 is 2.69 bits per heavy atom. The van der Waals surface area contributed by atoms with Crippen LogP contribution in [0.2, 0.25) is 0 Å². The summed E-state index contributed by atoms with van der Waals surface area (Å²) in [7, 11) is -3.62. The first-order valence-electron chi connectivity index (χ1n) is 10.1. The number of hydrogen-bond acceptors (Lipinski definition) is 9. The molecule has 2 aromatic heterocycles. The van der Waals surface area contributed by atoms with Gasteiger partial charge < -0.3 is 24.3 Å². The van der Waals surface area contributed by atoms with Crippen LogP contribution < -0.4 is 15.3 Å². The van der Waals surface area contributed by atoms with Crippen LogP contribution in [0.15, 0.2) is 43.0 Å². The van der Waals surface area contributed by atoms with E-state index in [0.29, 0.717) is 29.3 Å². The number of anilines is 1. The van der Waals surface area contributed by atoms with Gasteiger partial charge in [-0.1, -0.05) is 18.2 Å². The quantitative estimate of drug-likeness (QED) is 0.322. The van der Waals surface area contributed by atoms with E-state index in [-0.39, 0.29) is 19.1 Å². The van der Waals surface area contributed by atoms with E-state index in [9.17, 15) is 9.36 Å². The molecule has 0 fully saturated rings. The molecule has 3 aromatic rings. The van der Waals surface area contributed by atoms with Crippen LogP contribution >= 0.6 is 7.52 Å². The molecule has 0 saturated carbocycles. The predicted octanol–water partition coefficient (Wildman–Crippen LogP) is 2.58. The normalized spacial score (nSPS) is 15.1. The van der Waals surface area contributed by atoms with Crippen LogP contribution in [-0.4, -0.2) is 50.6 Å². The molecule has 0 bridgehead atoms. The van der Waals surface area contributed by atoms with Crippen LogP contribution in [0.3, 0.4) is 0 Å². The summed E-state index contributed by atoms with van der Waals surface area (Å²) in [5.74, 6) is 0.156. The van der Waals surface area contributed by atoms with E-state index in [4.69, 9.17) is 19.7 Å². The highest BCUT2D eigenvalue weighted by Gasteiger charge is 2.31. The van der Waals surface area contributed by atoms with Crippen LogP contribution in [0.4, 0.5) is 5.82 Å². The predicted molar refractivity (Wildman–Crippen MR) is 119 cm³/mol. The van der Waals surface area contributed by atoms with Crippen molar-refractivity contribution < 1.29 is 23.4 Å². The number of imidazole rings is 1. The van der Waals surface area contributed by atoms with Crippen LogP contribution in [-0.2, 0) is 25.4 Å². The molecule has 0 spiro atoms. The van der Waals surface area contributed by atoms with Crippen LogP contribution in [0, 0.1) is 0 Å². The Morgan fingerprint density at radius 1 is 1.22 bits per heavy atom. The molecule has 172 valence electrons. The first kappa shape index (κ1) is 23.6. The second-order valence-corrected chi connectivity index (χ2v) is 9.16. The van der Waals surface area contributed by atoms with E-state index < -0.39 is 19.5 Å². The molecule has 0 saturated heterocycles. The van der Waals surface area contributed by atoms with Crippen molar-refractivity contribution in [2.75, 3.05) is 18.7 Å². The molecule has 2 heterocycles. The van der Waals surface area contributed by atoms with E-state index >= 15 is 0 Å². The average molecular weight is 462 g/mol. The van der Waals surface area contributed by atoms with Gasteiger partial charge in [0.1, 0.15) is 30.0 Å². The minimum Gasteiger partial charge on any atom is -0.465 e. The van der Waals surface area contributed by atoms with Crippen LogP contribution in [0.5, 0.6) is 5.75 Å². The van der Waals surface area contributed by atoms with Gasteiger partial charge in [-0.15, -0.1) is 0 Å². The lowest BCUT2D eigenvalue weighted by molar-refractivity contribution is -0.144. The number of nitrogens with two attached hydrogens (primary N) is 1. The summed E-state index contributed by atoms with van der Waals surface area (Å²) in [5.41, 5.74) is 6.90. The minimum absolute atomic E-state index is 0.217. The fourth-order valence-corrected chi connectivity index (χ4v) is 4.73. The SMILES string of the molecule is CCOC(=O)[C@H](C)N[P@@](=O)(CO[C@H](C)Cn1cnc2c(N)ncnc21)Oc1ccccc1. The van der Waals surface area contributed by atoms with Crippen molar-refractivity contribution in [3.05, 3.63) is 43.0 Å². The van der Waals surface area contributed by atoms with Gasteiger partial charge >= 0.3 is 13.5 Å². The Labute approximate surface area is 185 Å². The molecule has 0 aliphatic rings. The molecule has 32 heavy (non-hydrogen) atoms. The molecule has 12 heteroatoms. The third-order valence-corrected chi connectivity index (χ3v) is 6.21. The van der Waals surface area contributed by atoms with Gasteiger partial charge in [-0.25, -0.2) is 20.0 Å². The van der Waals surface area contributed by atoms with Gasteiger partial charge in [0.2, 0.25) is 0 Å². The molecule has 11 nitrogen and oxygen atoms in total. The van der Waals surface area contributed by atoms with Gasteiger partial charge in [0.05, 0.1) is 25.6 Å². The maximum atomic E-state index is 13.5. The Hall–Kier alpha value is -3.01. The molecule has 0 aliphatic carbocycles. The first-order chi connectivity index (χ1) is 15.3. The Kier molecular flexibility index (Phi) is 7.79. The molecule has 1 aromatic carbocycles. The molecule has 3 rings (SSSR count). The number of nitrogens with one attached hydrogen (secondary N) is 1. The number of hydrogen-bond donors (Lipinski definition) is 2. The summed E-state index contributed by atoms with van der Waals surface area (Å²) < 4.78 is 31.9. The maximum absolute atomic E-state index is 13.5. The second kappa shape index (κ2) is 10.5. The van der Waals surface area contributed by atoms with Crippen molar-refractivity contribution in [1.29, 1.82) is 0 Å². The number of aromatic nitrogens is 4. The van der Waals surface area contributed by atoms with Crippen molar-refractivity contribution in [3.63, 3.8) is 0 Å². The Balaban J connectivity index is 1.69. The number of nitrogen functional groups attached to an aromatic ring is 1. The van der Waals surface area contributed by atoms with E-state index in [2.05, 4.69) is 20.0 Å². The molecule has 3 atom stereocenters. The zero-order valence-corrected chi connectivity index (χ0v) is 19.1. The van der Waals surface area contributed by atoms with E-state index in [1.807, 2.05) is 13.0 Å². The van der Waals surface area contributed by atoms with Gasteiger partial charge in [-0.3, -0.25) is 9.36 Å². The summed E-state index contributed by atoms with van der Waals surface area (Å²) >= 11 is 0. The van der Waals surface area contributed by atoms with Gasteiger partial charge in [0.15, 0.2) is 11.5 Å². The van der Waals surface area contributed by atoms with E-state index in [0.717, 1.165) is 0 Å². The summed E-state index contributed by atoms with van der Waals surface area (Å²) in [4.78, 5) is 24.4. The van der Waals surface area contributed by atoms with Crippen molar-refractivity contribution in [2.45, 2.75) is 39.5 Å². The molecular formula is C20H27N6O5P. The van der Waals surface area contributed by atoms with E-state index in [1.165, 1.54) is 6.33 Å². The summed E-state index contributed by atoms with van der Waals surface area (Å²) in [6.07, 6.45) is 2.31. The summed E-state index contributed by atoms with van der Waals surface area (Å²) in [6.45, 7) is 5.68. The third-order valence-electron chi connectivity index (χ3n) is 4.44. The summed E-state index contributed by atoms with van der Waals surface area (Å²) in [6, 6.07) is 7.84. The van der Waals surface area contributed by atoms with Gasteiger partial charge in [0.25, 0.3) is 0 Å². The topological polar surface area (TPSA) is 143 Å². The van der Waals surface area contributed by atoms with Crippen molar-refractivity contribution >= 4 is 30.5 Å². The number of carbonyl (C=O) groups is 1. The second-order valence-electron chi connectivity index (χ2n) is 7.12. The highest BCUT2D eigenvalue weighted by Crippen LogP contribution is 2.44. The molecule has 0 aliphatic heterocycles. The molecule has 0 amide bonds. The lowest BCUT2D eigenvalue weighted by Gasteiger charge is -2.25. The number of fused-ring (bicyclic) bond motifs is 1. The van der Waals surface area contributed by atoms with Crippen molar-refractivity contribution in [2.24, 2.45) is 0 Å². The minimum atomic E-state index is -3.62. The largest absolute Gasteiger partial charge is 0.465 e. The highest BCUT2D eigenvalue weighted by atomic mass is 31.2. The van der Waals surface area contributed by atoms with Crippen molar-refractivity contribution in [3.8, 4) is 5.75 Å². The molecular weight excluding hydrogens is 435 g/mol. The van der Waals surface area contributed by atoms with Gasteiger partial charge in [0, 0.05) is 0 Å². The standard InChI is InChI=1S/C20H27N6O5P/c1-4-29-20(27)15(3)25-32(28,31-16-8-6-5-7-9-16)13-30-14(2)10-26-12-24-17-18(21)22-11-23-19(17)26/h5-9,11-12,14-15H,4,10,13H2,1-3H3,(H,25,28)(H2,21,22,23)/t14-,15+,32-/m1/s1. The average Bonchev–Trinajstić information content (AvgIpc) is 3.17. The number of carbonyl (C=O) groups excluding carboxylic acids is 1. The zero-order valence-electron chi connectivity index (χ0n) is 18.2. The molecule has 3 N–H and O–H groups in total. The lowest BCUT2D eigenvalue weighted by Crippen LogP contribution is -2.36. The number of nitrogens with zero attached hydrogens (tertiary/aromatic N) is 4. The number of esters is 1. The molecule has 0 radical (unpaired) electrons. The zero-order chi connectivity index (χ0) is 23.1. The van der Waals surface area contributed by atoms with Gasteiger partial charge in [-0.2, -0.15) is 0 Å². The van der Waals surface area contributed by atoms with E-state index in [1.54, 1.807) is 49.0 Å². The van der Waals surface area contributed by atoms with Crippen LogP contribution in [0.1, 0.15) is 20.8 Å².